The maximum atomic E-state index is 15.0. The Morgan fingerprint density at radius 1 is 0.441 bits per heavy atom. The highest BCUT2D eigenvalue weighted by Gasteiger charge is 2.48. The van der Waals surface area contributed by atoms with Gasteiger partial charge in [0.15, 0.2) is 65.3 Å². The number of amides is 12. The number of urea groups is 1. The lowest BCUT2D eigenvalue weighted by Crippen LogP contribution is -2.60. The number of rotatable bonds is 72. The summed E-state index contributed by atoms with van der Waals surface area (Å²) in [6, 6.07) is -9.82. The van der Waals surface area contributed by atoms with Crippen LogP contribution in [0, 0.1) is 0 Å². The van der Waals surface area contributed by atoms with Gasteiger partial charge in [-0.25, -0.2) is 19.7 Å². The lowest BCUT2D eigenvalue weighted by molar-refractivity contribution is -0.137. The number of nitrogens with two attached hydrogens (primary N) is 14. The van der Waals surface area contributed by atoms with E-state index in [9.17, 15) is 63.0 Å². The van der Waals surface area contributed by atoms with E-state index in [1.165, 1.54) is 17.2 Å². The fourth-order valence-corrected chi connectivity index (χ4v) is 16.2. The van der Waals surface area contributed by atoms with Crippen LogP contribution < -0.4 is 144 Å². The first kappa shape index (κ1) is 114. The van der Waals surface area contributed by atoms with Gasteiger partial charge >= 0.3 is 6.03 Å². The summed E-state index contributed by atoms with van der Waals surface area (Å²) < 4.78 is 24.0. The lowest BCUT2D eigenvalue weighted by atomic mass is 10.00. The first-order valence-corrected chi connectivity index (χ1v) is 47.1. The van der Waals surface area contributed by atoms with Crippen LogP contribution in [-0.2, 0) is 71.7 Å². The molecule has 2 aromatic rings. The highest BCUT2D eigenvalue weighted by atomic mass is 32.2. The molecule has 5 rings (SSSR count). The van der Waals surface area contributed by atoms with Gasteiger partial charge in [0.25, 0.3) is 5.91 Å². The van der Waals surface area contributed by atoms with E-state index >= 15 is 4.79 Å². The molecule has 764 valence electrons. The summed E-state index contributed by atoms with van der Waals surface area (Å²) in [5.74, 6) is -8.42. The number of aromatic nitrogens is 4. The minimum Gasteiger partial charge on any atom is -0.387 e. The van der Waals surface area contributed by atoms with Gasteiger partial charge in [-0.1, -0.05) is 12.8 Å². The lowest BCUT2D eigenvalue weighted by Gasteiger charge is -2.28. The number of guanidine groups is 6. The Morgan fingerprint density at radius 2 is 0.838 bits per heavy atom. The zero-order chi connectivity index (χ0) is 99.7. The third kappa shape index (κ3) is 45.3. The molecule has 3 saturated heterocycles. The topological polar surface area (TPSA) is 909 Å². The monoisotopic (exact) mass is 1940 g/mol. The largest absolute Gasteiger partial charge is 0.387 e. The fourth-order valence-electron chi connectivity index (χ4n) is 14.6. The summed E-state index contributed by atoms with van der Waals surface area (Å²) in [6.07, 6.45) is 1.38. The minimum absolute atomic E-state index is 0.00102. The molecule has 54 nitrogen and oxygen atoms in total. The Bertz CT molecular complexity index is 4260. The predicted molar refractivity (Wildman–Crippen MR) is 509 cm³/mol. The molecule has 2 aromatic heterocycles. The highest BCUT2D eigenvalue weighted by molar-refractivity contribution is 8.00. The molecule has 0 unspecified atom stereocenters. The van der Waals surface area contributed by atoms with Crippen molar-refractivity contribution >= 4 is 135 Å². The van der Waals surface area contributed by atoms with Crippen LogP contribution in [0.15, 0.2) is 42.6 Å². The Hall–Kier alpha value is -12.3. The number of imidazole rings is 1. The van der Waals surface area contributed by atoms with Crippen LogP contribution in [0.5, 0.6) is 0 Å². The van der Waals surface area contributed by atoms with Gasteiger partial charge < -0.3 is 173 Å². The molecule has 0 aromatic carbocycles. The number of carbonyl (C=O) groups excluding carboxylic acids is 12. The Kier molecular flexibility index (Phi) is 54.2. The van der Waals surface area contributed by atoms with E-state index in [0.717, 1.165) is 25.0 Å². The SMILES string of the molecule is NCCCC[C@@H](NC(=O)[C@@H](CCCN=C(N)N)NC(=O)[C@@H](CCCN=C(N)N)NC(=O)[C@@H](CCCN=C(N)N)NC(=O)[C@@H](CCCN=C(N)N)NC(=O)[C@@H](CCCN=C(N)N)NC(=O)[C@@H](CCCN=C(N)N)NC(=O)CCCCCNC(=O)[C@H]1O[C@@H](n2cnc3c(N)ncnc32)[C@H](O)[C@@H]1O)C(=O)CCC(=O)NCCCOCCOCCOCCCNC(=O)CCCC[C@@H]1SC[C@@H]2NC(=O)N[C@@H]21. The van der Waals surface area contributed by atoms with Crippen LogP contribution in [0.1, 0.15) is 180 Å². The number of aliphatic hydroxyl groups is 2. The molecular weight excluding hydrogens is 1800 g/mol. The highest BCUT2D eigenvalue weighted by Crippen LogP contribution is 2.34. The van der Waals surface area contributed by atoms with Gasteiger partial charge in [-0.15, -0.1) is 0 Å². The van der Waals surface area contributed by atoms with Gasteiger partial charge in [0.2, 0.25) is 53.2 Å². The van der Waals surface area contributed by atoms with E-state index in [2.05, 4.69) is 109 Å². The van der Waals surface area contributed by atoms with Crippen molar-refractivity contribution in [1.29, 1.82) is 0 Å². The second-order valence-electron chi connectivity index (χ2n) is 32.7. The van der Waals surface area contributed by atoms with Crippen molar-refractivity contribution in [3.8, 4) is 0 Å². The number of hydrogen-bond acceptors (Lipinski definition) is 30. The number of anilines is 1. The van der Waals surface area contributed by atoms with Crippen molar-refractivity contribution in [3.63, 3.8) is 0 Å². The van der Waals surface area contributed by atoms with Crippen LogP contribution in [0.25, 0.3) is 11.2 Å². The maximum Gasteiger partial charge on any atom is 0.315 e. The van der Waals surface area contributed by atoms with Crippen LogP contribution in [0.3, 0.4) is 0 Å². The van der Waals surface area contributed by atoms with Crippen LogP contribution in [0.2, 0.25) is 0 Å². The normalized spacial score (nSPS) is 17.9. The number of carbonyl (C=O) groups is 12. The summed E-state index contributed by atoms with van der Waals surface area (Å²) in [4.78, 5) is 203. The number of nitrogen functional groups attached to an aromatic ring is 1. The summed E-state index contributed by atoms with van der Waals surface area (Å²) in [7, 11) is 0. The molecule has 12 amide bonds. The first-order valence-electron chi connectivity index (χ1n) is 46.0. The third-order valence-electron chi connectivity index (χ3n) is 21.7. The number of aliphatic imine (C=N–C) groups is 6. The number of unbranched alkanes of at least 4 members (excludes halogenated alkanes) is 4. The third-order valence-corrected chi connectivity index (χ3v) is 23.2. The van der Waals surface area contributed by atoms with E-state index < -0.39 is 126 Å². The number of thioether (sulfide) groups is 1. The van der Waals surface area contributed by atoms with Crippen molar-refractivity contribution in [1.82, 2.24) is 83.3 Å². The number of ether oxygens (including phenoxy) is 4. The van der Waals surface area contributed by atoms with Crippen LogP contribution in [-0.4, -0.2) is 325 Å². The van der Waals surface area contributed by atoms with Crippen molar-refractivity contribution in [2.45, 2.75) is 258 Å². The van der Waals surface area contributed by atoms with Crippen molar-refractivity contribution < 1.29 is 86.7 Å². The molecule has 14 atom stereocenters. The molecule has 136 heavy (non-hydrogen) atoms. The molecule has 42 N–H and O–H groups in total. The standard InChI is InChI=1S/C81H146N36O18S/c82-28-6-5-16-47(55(118)26-27-58(120)97-37-15-39-133-41-43-134-42-40-132-38-14-36-96-57(119)24-4-3-23-56-60-54(44-136-56)115-81(131)116-60)109-68(125)49(18-9-31-100-76(86)87)111-70(127)51(20-11-33-102-78(90)91)113-72(129)53(22-13-35-104-80(94)95)114-71(128)52(21-12-34-103-79(92)93)112-69(126)50(19-10-32-101-77(88)89)110-67(124)48(17-8-30-99-75(84)85)108-59(121)25-2-1-7-29-98-73(130)64-62(122)63(123)74(135-64)117-46-107-61-65(83)105-45-106-66(61)117/h45-54,56,60,62-64,74,122-123H,1-44,82H2,(H,96,119)(H,97,120)(H,98,130)(H,108,121)(H,109,125)(H,110,124)(H,111,127)(H,112,126)(H,113,129)(H,114,128)(H2,83,105,106)(H4,84,85,99)(H4,86,87,100)(H4,88,89,101)(H4,90,91,102)(H4,92,93,103)(H4,94,95,104)(H2,115,116,131)/t47-,48-,49-,50-,51-,52-,53-,54+,56+,60+,62+,63-,64+,74-/m1/s1. The number of nitrogens with zero attached hydrogens (tertiary/aromatic N) is 10. The summed E-state index contributed by atoms with van der Waals surface area (Å²) >= 11 is 1.86. The predicted octanol–water partition coefficient (Wildman–Crippen LogP) is -9.31. The molecule has 55 heteroatoms. The van der Waals surface area contributed by atoms with Gasteiger partial charge in [-0.05, 0) is 141 Å². The zero-order valence-corrected chi connectivity index (χ0v) is 78.1. The molecule has 3 aliphatic rings. The van der Waals surface area contributed by atoms with Crippen molar-refractivity contribution in [3.05, 3.63) is 12.7 Å². The minimum atomic E-state index is -1.63. The Balaban J connectivity index is 1.21. The van der Waals surface area contributed by atoms with Gasteiger partial charge in [-0.2, -0.15) is 11.8 Å². The number of fused-ring (bicyclic) bond motifs is 2. The Labute approximate surface area is 793 Å². The second kappa shape index (κ2) is 64.6. The first-order chi connectivity index (χ1) is 65.1. The zero-order valence-electron chi connectivity index (χ0n) is 77.2. The average molecular weight is 1940 g/mol. The van der Waals surface area contributed by atoms with E-state index in [4.69, 9.17) is 99.2 Å². The maximum absolute atomic E-state index is 15.0. The van der Waals surface area contributed by atoms with Crippen LogP contribution in [0.4, 0.5) is 10.6 Å². The van der Waals surface area contributed by atoms with Gasteiger partial charge in [-0.3, -0.25) is 87.3 Å². The smallest absolute Gasteiger partial charge is 0.315 e. The molecular formula is C81H146N36O18S. The molecule has 0 spiro atoms. The fraction of sp³-hybridized carbons (Fsp3) is 0.716. The number of ketones is 1. The Morgan fingerprint density at radius 3 is 1.28 bits per heavy atom. The molecule has 3 fully saturated rings. The average Bonchev–Trinajstić information content (AvgIpc) is 1.62. The van der Waals surface area contributed by atoms with E-state index in [0.29, 0.717) is 96.4 Å². The number of nitrogens with one attached hydrogen (secondary N) is 12. The van der Waals surface area contributed by atoms with E-state index in [1.54, 1.807) is 0 Å². The molecule has 0 bridgehead atoms. The van der Waals surface area contributed by atoms with Gasteiger partial charge in [0.1, 0.15) is 60.3 Å². The number of hydrogen-bond donors (Lipinski definition) is 28. The summed E-state index contributed by atoms with van der Waals surface area (Å²) in [6.45, 7) is 2.88. The van der Waals surface area contributed by atoms with Gasteiger partial charge in [0, 0.05) is 109 Å². The van der Waals surface area contributed by atoms with E-state index in [-0.39, 0.29) is 245 Å². The summed E-state index contributed by atoms with van der Waals surface area (Å²) in [5, 5.41) is 55.4. The molecule has 3 aliphatic heterocycles. The summed E-state index contributed by atoms with van der Waals surface area (Å²) in [5.41, 5.74) is 79.9. The number of aliphatic hydroxyl groups excluding tert-OH is 2. The quantitative estimate of drug-likeness (QED) is 0.0127. The van der Waals surface area contributed by atoms with Gasteiger partial charge in [0.05, 0.1) is 50.9 Å². The van der Waals surface area contributed by atoms with Crippen molar-refractivity contribution in [2.24, 2.45) is 104 Å². The molecule has 0 saturated carbocycles. The van der Waals surface area contributed by atoms with E-state index in [1.807, 2.05) is 11.8 Å². The molecule has 5 heterocycles. The second-order valence-corrected chi connectivity index (χ2v) is 33.9. The van der Waals surface area contributed by atoms with Crippen LogP contribution >= 0.6 is 11.8 Å². The molecule has 0 aliphatic carbocycles. The number of Topliss-reactive ketones (excluding diaryl/α,β-unsaturated/α-hetero) is 1. The molecule has 0 radical (unpaired) electrons. The van der Waals surface area contributed by atoms with Crippen molar-refractivity contribution in [2.75, 3.05) is 117 Å².